The van der Waals surface area contributed by atoms with Crippen LogP contribution >= 0.6 is 11.6 Å². The van der Waals surface area contributed by atoms with E-state index < -0.39 is 0 Å². The largest absolute Gasteiger partial charge is 0.350 e. The fourth-order valence-electron chi connectivity index (χ4n) is 2.27. The third-order valence-corrected chi connectivity index (χ3v) is 3.78. The van der Waals surface area contributed by atoms with Crippen molar-refractivity contribution in [2.45, 2.75) is 13.1 Å². The van der Waals surface area contributed by atoms with Gasteiger partial charge in [-0.05, 0) is 29.8 Å². The average molecular weight is 331 g/mol. The van der Waals surface area contributed by atoms with Crippen LogP contribution in [0.3, 0.4) is 0 Å². The second-order valence-electron chi connectivity index (χ2n) is 5.25. The van der Waals surface area contributed by atoms with E-state index in [9.17, 15) is 9.59 Å². The number of aromatic nitrogens is 3. The lowest BCUT2D eigenvalue weighted by molar-refractivity contribution is -0.131. The van der Waals surface area contributed by atoms with Gasteiger partial charge in [-0.2, -0.15) is 0 Å². The zero-order valence-electron chi connectivity index (χ0n) is 12.5. The highest BCUT2D eigenvalue weighted by Gasteiger charge is 2.14. The second-order valence-corrected chi connectivity index (χ2v) is 5.68. The summed E-state index contributed by atoms with van der Waals surface area (Å²) in [7, 11) is 1.69. The molecule has 118 valence electrons. The van der Waals surface area contributed by atoms with Gasteiger partial charge in [0.25, 0.3) is 0 Å². The summed E-state index contributed by atoms with van der Waals surface area (Å²) in [6.07, 6.45) is 1.63. The van der Waals surface area contributed by atoms with Gasteiger partial charge < -0.3 is 4.90 Å². The molecule has 3 rings (SSSR count). The summed E-state index contributed by atoms with van der Waals surface area (Å²) in [4.78, 5) is 26.0. The monoisotopic (exact) mass is 330 g/mol. The number of rotatable bonds is 4. The molecule has 3 aromatic rings. The number of hydrogen-bond acceptors (Lipinski definition) is 3. The molecule has 2 heterocycles. The third kappa shape index (κ3) is 3.27. The van der Waals surface area contributed by atoms with Gasteiger partial charge in [-0.25, -0.2) is 9.48 Å². The fraction of sp³-hybridized carbons (Fsp3) is 0.188. The molecule has 0 aliphatic heterocycles. The molecular formula is C16H15ClN4O2. The van der Waals surface area contributed by atoms with Crippen LogP contribution in [0.5, 0.6) is 0 Å². The van der Waals surface area contributed by atoms with Gasteiger partial charge >= 0.3 is 5.69 Å². The molecule has 7 heteroatoms. The standard InChI is InChI=1S/C16H15ClN4O2/c1-19(10-12-5-7-13(17)8-6-12)15(22)11-21-16(23)20-9-3-2-4-14(20)18-21/h2-9H,10-11H2,1H3. The molecule has 0 spiro atoms. The number of nitrogens with zero attached hydrogens (tertiary/aromatic N) is 4. The molecule has 0 bridgehead atoms. The molecular weight excluding hydrogens is 316 g/mol. The average Bonchev–Trinajstić information content (AvgIpc) is 2.86. The molecule has 0 radical (unpaired) electrons. The van der Waals surface area contributed by atoms with Gasteiger partial charge in [-0.15, -0.1) is 5.10 Å². The first-order chi connectivity index (χ1) is 11.0. The molecule has 0 saturated carbocycles. The first kappa shape index (κ1) is 15.3. The highest BCUT2D eigenvalue weighted by Crippen LogP contribution is 2.11. The fourth-order valence-corrected chi connectivity index (χ4v) is 2.40. The lowest BCUT2D eigenvalue weighted by Crippen LogP contribution is -2.33. The van der Waals surface area contributed by atoms with E-state index in [2.05, 4.69) is 5.10 Å². The number of benzene rings is 1. The Morgan fingerprint density at radius 2 is 1.96 bits per heavy atom. The number of carbonyl (C=O) groups excluding carboxylic acids is 1. The summed E-state index contributed by atoms with van der Waals surface area (Å²) in [5.41, 5.74) is 1.16. The van der Waals surface area contributed by atoms with Crippen molar-refractivity contribution in [3.63, 3.8) is 0 Å². The van der Waals surface area contributed by atoms with E-state index in [0.29, 0.717) is 17.2 Å². The molecule has 0 unspecified atom stereocenters. The van der Waals surface area contributed by atoms with Gasteiger partial charge in [-0.1, -0.05) is 29.8 Å². The normalized spacial score (nSPS) is 10.9. The van der Waals surface area contributed by atoms with E-state index >= 15 is 0 Å². The van der Waals surface area contributed by atoms with E-state index in [0.717, 1.165) is 5.56 Å². The van der Waals surface area contributed by atoms with Crippen LogP contribution in [-0.2, 0) is 17.9 Å². The topological polar surface area (TPSA) is 59.6 Å². The molecule has 0 atom stereocenters. The predicted octanol–water partition coefficient (Wildman–Crippen LogP) is 1.81. The van der Waals surface area contributed by atoms with Gasteiger partial charge in [0.2, 0.25) is 5.91 Å². The number of fused-ring (bicyclic) bond motifs is 1. The number of pyridine rings is 1. The van der Waals surface area contributed by atoms with E-state index in [1.54, 1.807) is 48.5 Å². The van der Waals surface area contributed by atoms with Crippen molar-refractivity contribution in [3.05, 3.63) is 69.7 Å². The summed E-state index contributed by atoms with van der Waals surface area (Å²) >= 11 is 5.84. The van der Waals surface area contributed by atoms with Crippen LogP contribution in [0.4, 0.5) is 0 Å². The van der Waals surface area contributed by atoms with Crippen molar-refractivity contribution in [2.24, 2.45) is 0 Å². The minimum atomic E-state index is -0.325. The molecule has 0 aliphatic carbocycles. The van der Waals surface area contributed by atoms with Gasteiger partial charge in [0.1, 0.15) is 6.54 Å². The number of amides is 1. The Morgan fingerprint density at radius 3 is 2.65 bits per heavy atom. The molecule has 2 aromatic heterocycles. The van der Waals surface area contributed by atoms with E-state index in [-0.39, 0.29) is 18.1 Å². The molecule has 1 amide bonds. The lowest BCUT2D eigenvalue weighted by atomic mass is 10.2. The summed E-state index contributed by atoms with van der Waals surface area (Å²) in [6, 6.07) is 12.5. The number of carbonyl (C=O) groups is 1. The highest BCUT2D eigenvalue weighted by molar-refractivity contribution is 6.30. The zero-order valence-corrected chi connectivity index (χ0v) is 13.3. The van der Waals surface area contributed by atoms with Crippen LogP contribution in [0.15, 0.2) is 53.5 Å². The molecule has 23 heavy (non-hydrogen) atoms. The quantitative estimate of drug-likeness (QED) is 0.733. The predicted molar refractivity (Wildman–Crippen MR) is 87.4 cm³/mol. The molecule has 0 fully saturated rings. The van der Waals surface area contributed by atoms with Crippen molar-refractivity contribution >= 4 is 23.2 Å². The summed E-state index contributed by atoms with van der Waals surface area (Å²) in [6.45, 7) is 0.350. The van der Waals surface area contributed by atoms with Crippen LogP contribution in [0, 0.1) is 0 Å². The highest BCUT2D eigenvalue weighted by atomic mass is 35.5. The molecule has 6 nitrogen and oxygen atoms in total. The Bertz CT molecular complexity index is 898. The van der Waals surface area contributed by atoms with Gasteiger partial charge in [0.15, 0.2) is 5.65 Å². The van der Waals surface area contributed by atoms with E-state index in [4.69, 9.17) is 11.6 Å². The lowest BCUT2D eigenvalue weighted by Gasteiger charge is -2.17. The smallest absolute Gasteiger partial charge is 0.340 e. The summed E-state index contributed by atoms with van der Waals surface area (Å²) < 4.78 is 2.59. The zero-order chi connectivity index (χ0) is 16.4. The summed E-state index contributed by atoms with van der Waals surface area (Å²) in [5, 5.41) is 4.81. The minimum absolute atomic E-state index is 0.0927. The number of hydrogen-bond donors (Lipinski definition) is 0. The Balaban J connectivity index is 1.73. The maximum Gasteiger partial charge on any atom is 0.350 e. The number of halogens is 1. The second kappa shape index (κ2) is 6.26. The van der Waals surface area contributed by atoms with Crippen LogP contribution in [0.25, 0.3) is 5.65 Å². The number of likely N-dealkylation sites (N-methyl/N-ethyl adjacent to an activating group) is 1. The molecule has 1 aromatic carbocycles. The van der Waals surface area contributed by atoms with Crippen LogP contribution in [0.1, 0.15) is 5.56 Å². The first-order valence-electron chi connectivity index (χ1n) is 7.07. The maximum atomic E-state index is 12.3. The van der Waals surface area contributed by atoms with Gasteiger partial charge in [0, 0.05) is 24.8 Å². The van der Waals surface area contributed by atoms with Crippen molar-refractivity contribution in [3.8, 4) is 0 Å². The van der Waals surface area contributed by atoms with Crippen LogP contribution in [0.2, 0.25) is 5.02 Å². The first-order valence-corrected chi connectivity index (χ1v) is 7.45. The Hall–Kier alpha value is -2.60. The van der Waals surface area contributed by atoms with Crippen molar-refractivity contribution in [1.29, 1.82) is 0 Å². The molecule has 0 N–H and O–H groups in total. The van der Waals surface area contributed by atoms with E-state index in [1.807, 2.05) is 12.1 Å². The van der Waals surface area contributed by atoms with Crippen molar-refractivity contribution in [1.82, 2.24) is 19.1 Å². The molecule has 0 aliphatic rings. The third-order valence-electron chi connectivity index (χ3n) is 3.53. The maximum absolute atomic E-state index is 12.3. The van der Waals surface area contributed by atoms with Crippen molar-refractivity contribution < 1.29 is 4.79 Å². The minimum Gasteiger partial charge on any atom is -0.340 e. The van der Waals surface area contributed by atoms with Crippen molar-refractivity contribution in [2.75, 3.05) is 7.05 Å². The summed E-state index contributed by atoms with van der Waals surface area (Å²) in [5.74, 6) is -0.189. The van der Waals surface area contributed by atoms with Crippen LogP contribution < -0.4 is 5.69 Å². The Kier molecular flexibility index (Phi) is 4.16. The van der Waals surface area contributed by atoms with Gasteiger partial charge in [0.05, 0.1) is 0 Å². The van der Waals surface area contributed by atoms with Crippen LogP contribution in [-0.4, -0.2) is 32.0 Å². The van der Waals surface area contributed by atoms with E-state index in [1.165, 1.54) is 9.08 Å². The Labute approximate surface area is 137 Å². The Morgan fingerprint density at radius 1 is 1.22 bits per heavy atom. The molecule has 0 saturated heterocycles. The SMILES string of the molecule is CN(Cc1ccc(Cl)cc1)C(=O)Cn1nc2ccccn2c1=O. The van der Waals surface area contributed by atoms with Gasteiger partial charge in [-0.3, -0.25) is 9.20 Å².